The molecular weight excluding hydrogens is 164 g/mol. The van der Waals surface area contributed by atoms with E-state index in [1.807, 2.05) is 11.8 Å². The molecule has 0 amide bonds. The van der Waals surface area contributed by atoms with Gasteiger partial charge in [0.2, 0.25) is 0 Å². The lowest BCUT2D eigenvalue weighted by atomic mass is 10.1. The van der Waals surface area contributed by atoms with Crippen LogP contribution in [0.5, 0.6) is 0 Å². The minimum atomic E-state index is 0.659. The van der Waals surface area contributed by atoms with Gasteiger partial charge < -0.3 is 0 Å². The normalized spacial score (nSPS) is 26.5. The molecule has 2 rings (SSSR count). The molecule has 0 aromatic carbocycles. The highest BCUT2D eigenvalue weighted by molar-refractivity contribution is 8.04. The minimum Gasteiger partial charge on any atom is -0.118 e. The van der Waals surface area contributed by atoms with E-state index >= 15 is 0 Å². The van der Waals surface area contributed by atoms with E-state index in [4.69, 9.17) is 0 Å². The number of hydrogen-bond acceptors (Lipinski definition) is 1. The summed E-state index contributed by atoms with van der Waals surface area (Å²) in [6.45, 7) is 4.45. The van der Waals surface area contributed by atoms with E-state index in [0.717, 1.165) is 0 Å². The molecule has 1 atom stereocenters. The lowest BCUT2D eigenvalue weighted by Gasteiger charge is -2.01. The molecule has 0 fully saturated rings. The van der Waals surface area contributed by atoms with Crippen LogP contribution in [0.3, 0.4) is 0 Å². The third-order valence-corrected chi connectivity index (χ3v) is 3.66. The molecular formula is C11H14S. The van der Waals surface area contributed by atoms with Crippen LogP contribution < -0.4 is 0 Å². The molecule has 1 aliphatic heterocycles. The summed E-state index contributed by atoms with van der Waals surface area (Å²) < 4.78 is 0. The molecule has 2 aliphatic rings. The van der Waals surface area contributed by atoms with Crippen LogP contribution in [0.15, 0.2) is 34.3 Å². The van der Waals surface area contributed by atoms with Gasteiger partial charge in [0.1, 0.15) is 0 Å². The van der Waals surface area contributed by atoms with Crippen molar-refractivity contribution in [3.8, 4) is 0 Å². The first-order chi connectivity index (χ1) is 5.81. The lowest BCUT2D eigenvalue weighted by molar-refractivity contribution is 0.948. The van der Waals surface area contributed by atoms with Crippen LogP contribution in [-0.4, -0.2) is 5.25 Å². The maximum atomic E-state index is 2.38. The zero-order chi connectivity index (χ0) is 8.55. The summed E-state index contributed by atoms with van der Waals surface area (Å²) in [6.07, 6.45) is 9.46. The van der Waals surface area contributed by atoms with Gasteiger partial charge in [0.25, 0.3) is 0 Å². The first kappa shape index (κ1) is 8.18. The van der Waals surface area contributed by atoms with Gasteiger partial charge in [-0.3, -0.25) is 0 Å². The molecule has 64 valence electrons. The SMILES string of the molecule is CCCC1=CC2=C(C)C=CC2S1. The van der Waals surface area contributed by atoms with Crippen molar-refractivity contribution in [3.05, 3.63) is 34.3 Å². The zero-order valence-electron chi connectivity index (χ0n) is 7.63. The van der Waals surface area contributed by atoms with Crippen molar-refractivity contribution in [1.82, 2.24) is 0 Å². The lowest BCUT2D eigenvalue weighted by Crippen LogP contribution is -1.90. The maximum Gasteiger partial charge on any atom is 0.0527 e. The zero-order valence-corrected chi connectivity index (χ0v) is 8.45. The summed E-state index contributed by atoms with van der Waals surface area (Å²) in [5, 5.41) is 0.659. The topological polar surface area (TPSA) is 0 Å². The summed E-state index contributed by atoms with van der Waals surface area (Å²) in [7, 11) is 0. The van der Waals surface area contributed by atoms with E-state index in [9.17, 15) is 0 Å². The van der Waals surface area contributed by atoms with Crippen molar-refractivity contribution >= 4 is 11.8 Å². The average Bonchev–Trinajstić information content (AvgIpc) is 2.55. The summed E-state index contributed by atoms with van der Waals surface area (Å²) in [5.74, 6) is 0. The van der Waals surface area contributed by atoms with E-state index in [1.54, 1.807) is 10.5 Å². The van der Waals surface area contributed by atoms with Gasteiger partial charge in [0, 0.05) is 0 Å². The molecule has 0 saturated carbocycles. The van der Waals surface area contributed by atoms with E-state index in [-0.39, 0.29) is 0 Å². The second kappa shape index (κ2) is 3.14. The van der Waals surface area contributed by atoms with Gasteiger partial charge in [-0.25, -0.2) is 0 Å². The van der Waals surface area contributed by atoms with E-state index in [2.05, 4.69) is 32.1 Å². The Bertz CT molecular complexity index is 281. The Labute approximate surface area is 78.4 Å². The molecule has 0 saturated heterocycles. The molecule has 12 heavy (non-hydrogen) atoms. The van der Waals surface area contributed by atoms with Gasteiger partial charge in [-0.2, -0.15) is 0 Å². The van der Waals surface area contributed by atoms with E-state index in [1.165, 1.54) is 18.4 Å². The van der Waals surface area contributed by atoms with Gasteiger partial charge in [-0.15, -0.1) is 11.8 Å². The fourth-order valence-electron chi connectivity index (χ4n) is 1.70. The minimum absolute atomic E-state index is 0.659. The van der Waals surface area contributed by atoms with E-state index < -0.39 is 0 Å². The average molecular weight is 178 g/mol. The van der Waals surface area contributed by atoms with Crippen LogP contribution in [0, 0.1) is 0 Å². The van der Waals surface area contributed by atoms with Crippen LogP contribution in [0.1, 0.15) is 26.7 Å². The molecule has 1 aliphatic carbocycles. The molecule has 1 heteroatoms. The Balaban J connectivity index is 2.18. The molecule has 0 N–H and O–H groups in total. The fourth-order valence-corrected chi connectivity index (χ4v) is 3.08. The van der Waals surface area contributed by atoms with Crippen molar-refractivity contribution < 1.29 is 0 Å². The molecule has 0 aromatic heterocycles. The Morgan fingerprint density at radius 2 is 2.33 bits per heavy atom. The van der Waals surface area contributed by atoms with Crippen molar-refractivity contribution in [2.45, 2.75) is 31.9 Å². The molecule has 1 heterocycles. The summed E-state index contributed by atoms with van der Waals surface area (Å²) in [6, 6.07) is 0. The number of allylic oxidation sites excluding steroid dienone is 4. The highest BCUT2D eigenvalue weighted by Gasteiger charge is 2.24. The largest absolute Gasteiger partial charge is 0.118 e. The van der Waals surface area contributed by atoms with Crippen molar-refractivity contribution in [2.24, 2.45) is 0 Å². The number of fused-ring (bicyclic) bond motifs is 1. The third-order valence-electron chi connectivity index (χ3n) is 2.37. The summed E-state index contributed by atoms with van der Waals surface area (Å²) in [4.78, 5) is 1.57. The first-order valence-electron chi connectivity index (χ1n) is 4.57. The predicted molar refractivity (Wildman–Crippen MR) is 56.2 cm³/mol. The molecule has 0 bridgehead atoms. The van der Waals surface area contributed by atoms with Crippen LogP contribution in [0.4, 0.5) is 0 Å². The van der Waals surface area contributed by atoms with Crippen LogP contribution in [-0.2, 0) is 0 Å². The Kier molecular flexibility index (Phi) is 2.14. The van der Waals surface area contributed by atoms with Crippen LogP contribution in [0.2, 0.25) is 0 Å². The van der Waals surface area contributed by atoms with Crippen LogP contribution in [0.25, 0.3) is 0 Å². The number of rotatable bonds is 2. The number of thioether (sulfide) groups is 1. The van der Waals surface area contributed by atoms with Crippen molar-refractivity contribution in [1.29, 1.82) is 0 Å². The highest BCUT2D eigenvalue weighted by Crippen LogP contribution is 2.43. The maximum absolute atomic E-state index is 2.38. The number of hydrogen-bond donors (Lipinski definition) is 0. The van der Waals surface area contributed by atoms with Gasteiger partial charge in [0.15, 0.2) is 0 Å². The smallest absolute Gasteiger partial charge is 0.0527 e. The van der Waals surface area contributed by atoms with Gasteiger partial charge in [-0.05, 0) is 35.5 Å². The Morgan fingerprint density at radius 1 is 1.50 bits per heavy atom. The van der Waals surface area contributed by atoms with Gasteiger partial charge >= 0.3 is 0 Å². The summed E-state index contributed by atoms with van der Waals surface area (Å²) >= 11 is 2.03. The Hall–Kier alpha value is -0.430. The predicted octanol–water partition coefficient (Wildman–Crippen LogP) is 3.67. The second-order valence-corrected chi connectivity index (χ2v) is 4.66. The van der Waals surface area contributed by atoms with Crippen molar-refractivity contribution in [2.75, 3.05) is 0 Å². The van der Waals surface area contributed by atoms with Crippen molar-refractivity contribution in [3.63, 3.8) is 0 Å². The third kappa shape index (κ3) is 1.27. The van der Waals surface area contributed by atoms with E-state index in [0.29, 0.717) is 5.25 Å². The quantitative estimate of drug-likeness (QED) is 0.621. The highest BCUT2D eigenvalue weighted by atomic mass is 32.2. The van der Waals surface area contributed by atoms with Gasteiger partial charge in [0.05, 0.1) is 5.25 Å². The summed E-state index contributed by atoms with van der Waals surface area (Å²) in [5.41, 5.74) is 3.00. The molecule has 0 spiro atoms. The first-order valence-corrected chi connectivity index (χ1v) is 5.45. The Morgan fingerprint density at radius 3 is 3.00 bits per heavy atom. The molecule has 1 unspecified atom stereocenters. The monoisotopic (exact) mass is 178 g/mol. The molecule has 0 radical (unpaired) electrons. The second-order valence-electron chi connectivity index (χ2n) is 3.40. The standard InChI is InChI=1S/C11H14S/c1-3-4-9-7-10-8(2)5-6-11(10)12-9/h5-7,11H,3-4H2,1-2H3. The van der Waals surface area contributed by atoms with Gasteiger partial charge in [-0.1, -0.05) is 25.5 Å². The van der Waals surface area contributed by atoms with Crippen LogP contribution >= 0.6 is 11.8 Å². The molecule has 0 nitrogen and oxygen atoms in total. The molecule has 0 aromatic rings. The fraction of sp³-hybridized carbons (Fsp3) is 0.455.